The molecule has 0 atom stereocenters. The molecule has 0 saturated carbocycles. The highest BCUT2D eigenvalue weighted by molar-refractivity contribution is 5.86. The number of imidazole rings is 1. The monoisotopic (exact) mass is 399 g/mol. The van der Waals surface area contributed by atoms with E-state index in [2.05, 4.69) is 34.4 Å². The molecule has 2 fully saturated rings. The Labute approximate surface area is 176 Å². The van der Waals surface area contributed by atoms with Gasteiger partial charge in [0.05, 0.1) is 22.7 Å². The Morgan fingerprint density at radius 1 is 1.07 bits per heavy atom. The van der Waals surface area contributed by atoms with E-state index < -0.39 is 0 Å². The van der Waals surface area contributed by atoms with Crippen LogP contribution in [0.1, 0.15) is 48.3 Å². The molecule has 3 aromatic rings. The van der Waals surface area contributed by atoms with Crippen molar-refractivity contribution in [3.63, 3.8) is 0 Å². The lowest BCUT2D eigenvalue weighted by Crippen LogP contribution is -2.35. The quantitative estimate of drug-likeness (QED) is 0.642. The highest BCUT2D eigenvalue weighted by Crippen LogP contribution is 2.40. The molecule has 1 aromatic carbocycles. The van der Waals surface area contributed by atoms with E-state index in [0.717, 1.165) is 80.0 Å². The van der Waals surface area contributed by atoms with E-state index in [0.29, 0.717) is 11.5 Å². The lowest BCUT2D eigenvalue weighted by molar-refractivity contribution is 0.0852. The van der Waals surface area contributed by atoms with Crippen LogP contribution in [0.2, 0.25) is 0 Å². The topological polar surface area (TPSA) is 77.3 Å². The number of rotatable bonds is 2. The molecule has 6 nitrogen and oxygen atoms in total. The summed E-state index contributed by atoms with van der Waals surface area (Å²) < 4.78 is 7.78. The van der Waals surface area contributed by atoms with Crippen LogP contribution in [0.15, 0.2) is 24.3 Å². The summed E-state index contributed by atoms with van der Waals surface area (Å²) in [5.41, 5.74) is 5.70. The van der Waals surface area contributed by atoms with Gasteiger partial charge >= 0.3 is 0 Å². The van der Waals surface area contributed by atoms with Crippen molar-refractivity contribution >= 4 is 22.5 Å². The molecule has 0 spiro atoms. The fraction of sp³-hybridized carbons (Fsp3) is 0.458. The number of piperidine rings is 1. The number of benzene rings is 1. The fourth-order valence-electron chi connectivity index (χ4n) is 5.21. The molecule has 152 valence electrons. The Morgan fingerprint density at radius 3 is 2.50 bits per heavy atom. The van der Waals surface area contributed by atoms with E-state index in [1.165, 1.54) is 5.56 Å². The van der Waals surface area contributed by atoms with E-state index in [-0.39, 0.29) is 5.92 Å². The number of aromatic nitrogens is 2. The normalized spacial score (nSPS) is 18.6. The van der Waals surface area contributed by atoms with Gasteiger partial charge in [-0.25, -0.2) is 4.98 Å². The first-order chi connectivity index (χ1) is 14.7. The van der Waals surface area contributed by atoms with Crippen molar-refractivity contribution in [2.24, 2.45) is 5.92 Å². The van der Waals surface area contributed by atoms with Crippen molar-refractivity contribution in [2.75, 3.05) is 31.2 Å². The van der Waals surface area contributed by atoms with Crippen molar-refractivity contribution in [2.45, 2.75) is 38.5 Å². The molecule has 0 N–H and O–H groups in total. The van der Waals surface area contributed by atoms with Gasteiger partial charge in [-0.15, -0.1) is 0 Å². The van der Waals surface area contributed by atoms with Crippen molar-refractivity contribution in [3.8, 4) is 12.1 Å². The number of ether oxygens (including phenoxy) is 1. The highest BCUT2D eigenvalue weighted by Gasteiger charge is 2.30. The highest BCUT2D eigenvalue weighted by atomic mass is 16.5. The molecule has 2 aromatic heterocycles. The first kappa shape index (κ1) is 18.9. The maximum absolute atomic E-state index is 10.2. The molecule has 4 heterocycles. The molecule has 0 amide bonds. The average Bonchev–Trinajstić information content (AvgIpc) is 3.18. The van der Waals surface area contributed by atoms with E-state index in [1.807, 2.05) is 18.2 Å². The molecular weight excluding hydrogens is 374 g/mol. The zero-order valence-electron chi connectivity index (χ0n) is 17.3. The third-order valence-electron chi connectivity index (χ3n) is 6.72. The first-order valence-electron chi connectivity index (χ1n) is 10.8. The number of nitriles is 2. The summed E-state index contributed by atoms with van der Waals surface area (Å²) >= 11 is 0. The standard InChI is InChI=1S/C24H25N5O/c1-16-22(18-8-12-30-13-9-18)19(15-26)23-27-20-4-2-3-5-21(20)29(23)24(16)28-10-6-17(14-25)7-11-28/h2-5,17-18H,6-13H2,1H3. The van der Waals surface area contributed by atoms with Crippen molar-refractivity contribution in [3.05, 3.63) is 41.0 Å². The van der Waals surface area contributed by atoms with E-state index >= 15 is 0 Å². The summed E-state index contributed by atoms with van der Waals surface area (Å²) in [6.07, 6.45) is 3.61. The molecule has 30 heavy (non-hydrogen) atoms. The van der Waals surface area contributed by atoms with Crippen LogP contribution >= 0.6 is 0 Å². The number of nitrogens with zero attached hydrogens (tertiary/aromatic N) is 5. The maximum Gasteiger partial charge on any atom is 0.157 e. The lowest BCUT2D eigenvalue weighted by atomic mass is 9.85. The number of pyridine rings is 1. The Kier molecular flexibility index (Phi) is 4.81. The third kappa shape index (κ3) is 2.91. The van der Waals surface area contributed by atoms with Crippen LogP contribution in [-0.4, -0.2) is 35.7 Å². The SMILES string of the molecule is Cc1c(C2CCOCC2)c(C#N)c2nc3ccccc3n2c1N1CCC(C#N)CC1. The maximum atomic E-state index is 10.2. The van der Waals surface area contributed by atoms with Crippen molar-refractivity contribution < 1.29 is 4.74 Å². The second kappa shape index (κ2) is 7.63. The summed E-state index contributed by atoms with van der Waals surface area (Å²) in [6.45, 7) is 5.32. The Hall–Kier alpha value is -3.09. The van der Waals surface area contributed by atoms with Gasteiger partial charge in [-0.2, -0.15) is 10.5 Å². The van der Waals surface area contributed by atoms with E-state index in [1.54, 1.807) is 0 Å². The second-order valence-electron chi connectivity index (χ2n) is 8.39. The Balaban J connectivity index is 1.79. The minimum atomic E-state index is 0.130. The molecular formula is C24H25N5O. The molecule has 0 radical (unpaired) electrons. The van der Waals surface area contributed by atoms with Crippen molar-refractivity contribution in [1.82, 2.24) is 9.38 Å². The summed E-state index contributed by atoms with van der Waals surface area (Å²) in [5.74, 6) is 1.58. The van der Waals surface area contributed by atoms with Crippen LogP contribution in [0.4, 0.5) is 5.82 Å². The van der Waals surface area contributed by atoms with Gasteiger partial charge in [-0.1, -0.05) is 12.1 Å². The van der Waals surface area contributed by atoms with Crippen LogP contribution in [0.3, 0.4) is 0 Å². The molecule has 0 unspecified atom stereocenters. The van der Waals surface area contributed by atoms with Gasteiger partial charge in [0.1, 0.15) is 11.9 Å². The Bertz CT molecular complexity index is 1180. The van der Waals surface area contributed by atoms with Gasteiger partial charge in [-0.05, 0) is 61.8 Å². The van der Waals surface area contributed by atoms with E-state index in [4.69, 9.17) is 9.72 Å². The lowest BCUT2D eigenvalue weighted by Gasteiger charge is -2.35. The third-order valence-corrected chi connectivity index (χ3v) is 6.72. The average molecular weight is 399 g/mol. The molecule has 2 saturated heterocycles. The second-order valence-corrected chi connectivity index (χ2v) is 8.39. The predicted octanol–water partition coefficient (Wildman–Crippen LogP) is 4.30. The van der Waals surface area contributed by atoms with Crippen LogP contribution in [0, 0.1) is 35.5 Å². The summed E-state index contributed by atoms with van der Waals surface area (Å²) in [7, 11) is 0. The number of fused-ring (bicyclic) bond motifs is 3. The molecule has 5 rings (SSSR count). The van der Waals surface area contributed by atoms with Crippen LogP contribution in [0.5, 0.6) is 0 Å². The van der Waals surface area contributed by atoms with Crippen LogP contribution < -0.4 is 4.90 Å². The summed E-state index contributed by atoms with van der Waals surface area (Å²) in [4.78, 5) is 7.30. The molecule has 6 heteroatoms. The number of hydrogen-bond acceptors (Lipinski definition) is 5. The van der Waals surface area contributed by atoms with Crippen molar-refractivity contribution in [1.29, 1.82) is 10.5 Å². The predicted molar refractivity (Wildman–Crippen MR) is 115 cm³/mol. The van der Waals surface area contributed by atoms with E-state index in [9.17, 15) is 10.5 Å². The summed E-state index contributed by atoms with van der Waals surface area (Å²) in [5, 5.41) is 19.5. The minimum Gasteiger partial charge on any atom is -0.381 e. The first-order valence-corrected chi connectivity index (χ1v) is 10.8. The minimum absolute atomic E-state index is 0.130. The molecule has 2 aliphatic rings. The van der Waals surface area contributed by atoms with Gasteiger partial charge in [0.25, 0.3) is 0 Å². The van der Waals surface area contributed by atoms with Crippen LogP contribution in [0.25, 0.3) is 16.7 Å². The smallest absolute Gasteiger partial charge is 0.157 e. The summed E-state index contributed by atoms with van der Waals surface area (Å²) in [6, 6.07) is 13.0. The van der Waals surface area contributed by atoms with Crippen LogP contribution in [-0.2, 0) is 4.74 Å². The van der Waals surface area contributed by atoms with Gasteiger partial charge in [-0.3, -0.25) is 4.40 Å². The van der Waals surface area contributed by atoms with Gasteiger partial charge in [0, 0.05) is 32.2 Å². The molecule has 2 aliphatic heterocycles. The Morgan fingerprint density at radius 2 is 1.80 bits per heavy atom. The number of para-hydroxylation sites is 2. The van der Waals surface area contributed by atoms with Gasteiger partial charge in [0.2, 0.25) is 0 Å². The largest absolute Gasteiger partial charge is 0.381 e. The number of hydrogen-bond donors (Lipinski definition) is 0. The molecule has 0 bridgehead atoms. The zero-order chi connectivity index (χ0) is 20.7. The fourth-order valence-corrected chi connectivity index (χ4v) is 5.21. The van der Waals surface area contributed by atoms with Gasteiger partial charge < -0.3 is 9.64 Å². The van der Waals surface area contributed by atoms with Gasteiger partial charge in [0.15, 0.2) is 5.65 Å². The number of anilines is 1. The molecule has 0 aliphatic carbocycles. The zero-order valence-corrected chi connectivity index (χ0v) is 17.3.